The van der Waals surface area contributed by atoms with Crippen LogP contribution in [0.25, 0.3) is 0 Å². The number of aryl methyl sites for hydroxylation is 1. The van der Waals surface area contributed by atoms with E-state index in [1.807, 2.05) is 19.1 Å². The molecule has 0 aliphatic carbocycles. The molecule has 6 heteroatoms. The molecular weight excluding hydrogens is 310 g/mol. The van der Waals surface area contributed by atoms with Crippen LogP contribution in [-0.4, -0.2) is 22.2 Å². The second-order valence-corrected chi connectivity index (χ2v) is 5.06. The summed E-state index contributed by atoms with van der Waals surface area (Å²) in [5.41, 5.74) is 0.886. The van der Waals surface area contributed by atoms with Gasteiger partial charge in [-0.1, -0.05) is 15.9 Å². The Bertz CT molecular complexity index is 566. The van der Waals surface area contributed by atoms with Crippen molar-refractivity contribution in [1.29, 1.82) is 0 Å². The molecule has 0 spiro atoms. The van der Waals surface area contributed by atoms with Crippen molar-refractivity contribution in [3.63, 3.8) is 0 Å². The topological polar surface area (TPSA) is 67.0 Å². The minimum Gasteiger partial charge on any atom is -0.481 e. The van der Waals surface area contributed by atoms with E-state index in [2.05, 4.69) is 31.4 Å². The van der Waals surface area contributed by atoms with Gasteiger partial charge in [-0.2, -0.15) is 5.10 Å². The van der Waals surface area contributed by atoms with Gasteiger partial charge >= 0.3 is 0 Å². The van der Waals surface area contributed by atoms with Gasteiger partial charge in [-0.05, 0) is 38.1 Å². The molecule has 1 unspecified atom stereocenters. The SMILES string of the molecule is Cc1cc(NC(=O)C(C)Oc2ccc(Br)cc2)n[nH]1. The monoisotopic (exact) mass is 323 g/mol. The normalized spacial score (nSPS) is 11.9. The molecule has 0 aliphatic rings. The molecule has 1 aromatic heterocycles. The number of carbonyl (C=O) groups is 1. The first kappa shape index (κ1) is 13.6. The largest absolute Gasteiger partial charge is 0.481 e. The average molecular weight is 324 g/mol. The van der Waals surface area contributed by atoms with Crippen LogP contribution in [0, 0.1) is 6.92 Å². The summed E-state index contributed by atoms with van der Waals surface area (Å²) in [7, 11) is 0. The van der Waals surface area contributed by atoms with Crippen LogP contribution < -0.4 is 10.1 Å². The third-order valence-electron chi connectivity index (χ3n) is 2.45. The fourth-order valence-electron chi connectivity index (χ4n) is 1.48. The second-order valence-electron chi connectivity index (χ2n) is 4.14. The maximum atomic E-state index is 11.9. The maximum absolute atomic E-state index is 11.9. The van der Waals surface area contributed by atoms with E-state index in [0.717, 1.165) is 10.2 Å². The van der Waals surface area contributed by atoms with Crippen LogP contribution in [0.1, 0.15) is 12.6 Å². The molecule has 2 N–H and O–H groups in total. The van der Waals surface area contributed by atoms with Crippen LogP contribution in [0.5, 0.6) is 5.75 Å². The van der Waals surface area contributed by atoms with Crippen molar-refractivity contribution in [2.75, 3.05) is 5.32 Å². The highest BCUT2D eigenvalue weighted by atomic mass is 79.9. The minimum absolute atomic E-state index is 0.241. The Balaban J connectivity index is 1.94. The van der Waals surface area contributed by atoms with Gasteiger partial charge in [-0.3, -0.25) is 9.89 Å². The zero-order valence-electron chi connectivity index (χ0n) is 10.6. The third-order valence-corrected chi connectivity index (χ3v) is 2.98. The van der Waals surface area contributed by atoms with Crippen LogP contribution in [0.3, 0.4) is 0 Å². The van der Waals surface area contributed by atoms with Crippen molar-refractivity contribution in [1.82, 2.24) is 10.2 Å². The smallest absolute Gasteiger partial charge is 0.266 e. The zero-order chi connectivity index (χ0) is 13.8. The van der Waals surface area contributed by atoms with Crippen LogP contribution in [0.2, 0.25) is 0 Å². The van der Waals surface area contributed by atoms with Crippen LogP contribution in [0.15, 0.2) is 34.8 Å². The number of hydrogen-bond donors (Lipinski definition) is 2. The predicted molar refractivity (Wildman–Crippen MR) is 76.2 cm³/mol. The lowest BCUT2D eigenvalue weighted by Crippen LogP contribution is -2.30. The quantitative estimate of drug-likeness (QED) is 0.909. The Morgan fingerprint density at radius 3 is 2.68 bits per heavy atom. The lowest BCUT2D eigenvalue weighted by molar-refractivity contribution is -0.122. The fourth-order valence-corrected chi connectivity index (χ4v) is 1.75. The number of nitrogens with zero attached hydrogens (tertiary/aromatic N) is 1. The number of anilines is 1. The van der Waals surface area contributed by atoms with Crippen molar-refractivity contribution in [2.45, 2.75) is 20.0 Å². The Morgan fingerprint density at radius 2 is 2.11 bits per heavy atom. The van der Waals surface area contributed by atoms with E-state index in [9.17, 15) is 4.79 Å². The lowest BCUT2D eigenvalue weighted by atomic mass is 10.3. The molecule has 0 saturated carbocycles. The first-order valence-electron chi connectivity index (χ1n) is 5.79. The summed E-state index contributed by atoms with van der Waals surface area (Å²) in [5.74, 6) is 0.896. The number of hydrogen-bond acceptors (Lipinski definition) is 3. The van der Waals surface area contributed by atoms with E-state index in [4.69, 9.17) is 4.74 Å². The third kappa shape index (κ3) is 3.82. The van der Waals surface area contributed by atoms with Crippen molar-refractivity contribution >= 4 is 27.7 Å². The second kappa shape index (κ2) is 5.88. The number of amides is 1. The molecule has 1 amide bonds. The fraction of sp³-hybridized carbons (Fsp3) is 0.231. The Hall–Kier alpha value is -1.82. The van der Waals surface area contributed by atoms with Gasteiger partial charge in [0.05, 0.1) is 0 Å². The first-order valence-corrected chi connectivity index (χ1v) is 6.59. The molecule has 0 aliphatic heterocycles. The first-order chi connectivity index (χ1) is 9.04. The van der Waals surface area contributed by atoms with Gasteiger partial charge in [-0.15, -0.1) is 0 Å². The van der Waals surface area contributed by atoms with E-state index in [1.165, 1.54) is 0 Å². The molecule has 0 saturated heterocycles. The van der Waals surface area contributed by atoms with E-state index in [0.29, 0.717) is 11.6 Å². The number of H-pyrrole nitrogens is 1. The summed E-state index contributed by atoms with van der Waals surface area (Å²) < 4.78 is 6.50. The van der Waals surface area contributed by atoms with E-state index in [-0.39, 0.29) is 5.91 Å². The molecule has 19 heavy (non-hydrogen) atoms. The van der Waals surface area contributed by atoms with Crippen molar-refractivity contribution in [2.24, 2.45) is 0 Å². The molecule has 1 heterocycles. The maximum Gasteiger partial charge on any atom is 0.266 e. The number of halogens is 1. The molecule has 1 aromatic carbocycles. The summed E-state index contributed by atoms with van der Waals surface area (Å²) >= 11 is 3.34. The van der Waals surface area contributed by atoms with E-state index in [1.54, 1.807) is 25.1 Å². The standard InChI is InChI=1S/C13H14BrN3O2/c1-8-7-12(17-16-8)15-13(18)9(2)19-11-5-3-10(14)4-6-11/h3-7,9H,1-2H3,(H2,15,16,17,18). The van der Waals surface area contributed by atoms with Gasteiger partial charge in [-0.25, -0.2) is 0 Å². The molecule has 0 bridgehead atoms. The molecule has 1 atom stereocenters. The van der Waals surface area contributed by atoms with Gasteiger partial charge in [0.2, 0.25) is 0 Å². The van der Waals surface area contributed by atoms with Crippen molar-refractivity contribution in [3.8, 4) is 5.75 Å². The van der Waals surface area contributed by atoms with Gasteiger partial charge in [0, 0.05) is 16.2 Å². The van der Waals surface area contributed by atoms with Crippen LogP contribution in [0.4, 0.5) is 5.82 Å². The molecule has 0 fully saturated rings. The number of aromatic amines is 1. The highest BCUT2D eigenvalue weighted by Crippen LogP contribution is 2.17. The number of benzene rings is 1. The number of ether oxygens (including phenoxy) is 1. The summed E-state index contributed by atoms with van der Waals surface area (Å²) in [6.07, 6.45) is -0.599. The summed E-state index contributed by atoms with van der Waals surface area (Å²) in [4.78, 5) is 11.9. The van der Waals surface area contributed by atoms with Gasteiger partial charge in [0.25, 0.3) is 5.91 Å². The van der Waals surface area contributed by atoms with Crippen LogP contribution in [-0.2, 0) is 4.79 Å². The Morgan fingerprint density at radius 1 is 1.42 bits per heavy atom. The number of carbonyl (C=O) groups excluding carboxylic acids is 1. The predicted octanol–water partition coefficient (Wildman–Crippen LogP) is 2.89. The summed E-state index contributed by atoms with van der Waals surface area (Å²) in [6.45, 7) is 3.56. The van der Waals surface area contributed by atoms with Crippen LogP contribution >= 0.6 is 15.9 Å². The number of nitrogens with one attached hydrogen (secondary N) is 2. The molecule has 2 rings (SSSR count). The minimum atomic E-state index is -0.599. The molecule has 0 radical (unpaired) electrons. The summed E-state index contributed by atoms with van der Waals surface area (Å²) in [6, 6.07) is 9.07. The van der Waals surface area contributed by atoms with Gasteiger partial charge < -0.3 is 10.1 Å². The van der Waals surface area contributed by atoms with Crippen molar-refractivity contribution < 1.29 is 9.53 Å². The Labute approximate surface area is 119 Å². The zero-order valence-corrected chi connectivity index (χ0v) is 12.2. The van der Waals surface area contributed by atoms with E-state index >= 15 is 0 Å². The summed E-state index contributed by atoms with van der Waals surface area (Å²) in [5, 5.41) is 9.37. The Kier molecular flexibility index (Phi) is 4.21. The molecule has 5 nitrogen and oxygen atoms in total. The molecule has 2 aromatic rings. The lowest BCUT2D eigenvalue weighted by Gasteiger charge is -2.13. The molecule has 100 valence electrons. The number of aromatic nitrogens is 2. The van der Waals surface area contributed by atoms with Gasteiger partial charge in [0.1, 0.15) is 5.75 Å². The number of rotatable bonds is 4. The van der Waals surface area contributed by atoms with E-state index < -0.39 is 6.10 Å². The molecular formula is C13H14BrN3O2. The van der Waals surface area contributed by atoms with Gasteiger partial charge in [0.15, 0.2) is 11.9 Å². The highest BCUT2D eigenvalue weighted by molar-refractivity contribution is 9.10. The highest BCUT2D eigenvalue weighted by Gasteiger charge is 2.15. The average Bonchev–Trinajstić information content (AvgIpc) is 2.77. The van der Waals surface area contributed by atoms with Crippen molar-refractivity contribution in [3.05, 3.63) is 40.5 Å².